The first-order valence-corrected chi connectivity index (χ1v) is 10.2. The lowest BCUT2D eigenvalue weighted by molar-refractivity contribution is -0.886. The van der Waals surface area contributed by atoms with Gasteiger partial charge >= 0.3 is 0 Å². The summed E-state index contributed by atoms with van der Waals surface area (Å²) < 4.78 is 6.78. The van der Waals surface area contributed by atoms with E-state index in [-0.39, 0.29) is 17.2 Å². The molecule has 0 bridgehead atoms. The van der Waals surface area contributed by atoms with Gasteiger partial charge in [-0.3, -0.25) is 4.48 Å². The molecule has 0 amide bonds. The standard InChI is InChI=1S/C24H24ClNO2/c1-15-10-20-19-14-28-23-12-22(27)21(25)11-18(23)17(19)8-9-24(20,26(2,3)13-15)16-6-4-5-7-16/h4-5,8-14,16-17H,6-7H2,1-3H3/p+1/t17?,24-/m1/s1. The van der Waals surface area contributed by atoms with Crippen LogP contribution in [0, 0.1) is 5.92 Å². The Kier molecular flexibility index (Phi) is 3.75. The number of nitrogens with zero attached hydrogens (tertiary/aromatic N) is 1. The van der Waals surface area contributed by atoms with Crippen molar-refractivity contribution >= 4 is 11.6 Å². The van der Waals surface area contributed by atoms with Gasteiger partial charge < -0.3 is 9.84 Å². The molecule has 2 aliphatic heterocycles. The summed E-state index contributed by atoms with van der Waals surface area (Å²) >= 11 is 6.23. The highest BCUT2D eigenvalue weighted by molar-refractivity contribution is 6.32. The van der Waals surface area contributed by atoms with Crippen molar-refractivity contribution in [2.24, 2.45) is 5.92 Å². The second-order valence-electron chi connectivity index (χ2n) is 8.81. The van der Waals surface area contributed by atoms with E-state index in [1.807, 2.05) is 12.3 Å². The number of rotatable bonds is 1. The first kappa shape index (κ1) is 17.8. The number of aromatic hydroxyl groups is 1. The molecule has 4 aliphatic rings. The Hall–Kier alpha value is -2.23. The zero-order valence-corrected chi connectivity index (χ0v) is 17.2. The molecular formula is C24H25ClNO2+. The first-order chi connectivity index (χ1) is 13.3. The third-order valence-electron chi connectivity index (χ3n) is 6.83. The molecule has 0 spiro atoms. The minimum atomic E-state index is -0.118. The Balaban J connectivity index is 1.72. The largest absolute Gasteiger partial charge is 0.506 e. The summed E-state index contributed by atoms with van der Waals surface area (Å²) in [5, 5.41) is 10.3. The average Bonchev–Trinajstić information content (AvgIpc) is 3.16. The van der Waals surface area contributed by atoms with E-state index in [2.05, 4.69) is 57.6 Å². The highest BCUT2D eigenvalue weighted by atomic mass is 35.5. The number of ether oxygens (including phenoxy) is 1. The van der Waals surface area contributed by atoms with Gasteiger partial charge in [-0.1, -0.05) is 29.8 Å². The lowest BCUT2D eigenvalue weighted by Crippen LogP contribution is -2.62. The number of hydrogen-bond donors (Lipinski definition) is 1. The Bertz CT molecular complexity index is 1020. The third kappa shape index (κ3) is 2.26. The van der Waals surface area contributed by atoms with E-state index in [0.717, 1.165) is 22.9 Å². The molecule has 5 rings (SSSR count). The molecule has 1 N–H and O–H groups in total. The molecule has 2 atom stereocenters. The monoisotopic (exact) mass is 394 g/mol. The summed E-state index contributed by atoms with van der Waals surface area (Å²) in [4.78, 5) is 0. The minimum Gasteiger partial charge on any atom is -0.506 e. The van der Waals surface area contributed by atoms with E-state index < -0.39 is 0 Å². The van der Waals surface area contributed by atoms with Crippen LogP contribution in [0.3, 0.4) is 0 Å². The fraction of sp³-hybridized carbons (Fsp3) is 0.333. The topological polar surface area (TPSA) is 29.5 Å². The number of benzene rings is 1. The maximum Gasteiger partial charge on any atom is 0.151 e. The van der Waals surface area contributed by atoms with Gasteiger partial charge in [-0.25, -0.2) is 0 Å². The van der Waals surface area contributed by atoms with Crippen molar-refractivity contribution in [2.45, 2.75) is 31.2 Å². The van der Waals surface area contributed by atoms with Gasteiger partial charge in [0.05, 0.1) is 31.6 Å². The van der Waals surface area contributed by atoms with Gasteiger partial charge in [0.2, 0.25) is 0 Å². The predicted octanol–water partition coefficient (Wildman–Crippen LogP) is 5.60. The molecule has 0 aromatic heterocycles. The minimum absolute atomic E-state index is 0.0527. The van der Waals surface area contributed by atoms with E-state index in [4.69, 9.17) is 16.3 Å². The Morgan fingerprint density at radius 1 is 1.21 bits per heavy atom. The molecule has 3 nitrogen and oxygen atoms in total. The quantitative estimate of drug-likeness (QED) is 0.496. The van der Waals surface area contributed by atoms with Gasteiger partial charge in [0.1, 0.15) is 11.5 Å². The summed E-state index contributed by atoms with van der Waals surface area (Å²) in [6, 6.07) is 3.45. The Morgan fingerprint density at radius 2 is 1.96 bits per heavy atom. The number of halogens is 1. The zero-order valence-electron chi connectivity index (χ0n) is 16.4. The molecule has 0 saturated carbocycles. The molecule has 1 aromatic carbocycles. The van der Waals surface area contributed by atoms with Crippen molar-refractivity contribution in [3.05, 3.63) is 82.3 Å². The molecule has 144 valence electrons. The van der Waals surface area contributed by atoms with E-state index in [0.29, 0.717) is 16.7 Å². The molecule has 28 heavy (non-hydrogen) atoms. The second kappa shape index (κ2) is 5.88. The molecule has 1 aromatic rings. The average molecular weight is 395 g/mol. The fourth-order valence-electron chi connectivity index (χ4n) is 5.66. The molecule has 0 radical (unpaired) electrons. The molecule has 0 fully saturated rings. The van der Waals surface area contributed by atoms with Crippen LogP contribution >= 0.6 is 11.6 Å². The number of phenolic OH excluding ortho intramolecular Hbond substituents is 1. The lowest BCUT2D eigenvalue weighted by Gasteiger charge is -2.54. The normalized spacial score (nSPS) is 29.9. The summed E-state index contributed by atoms with van der Waals surface area (Å²) in [5.41, 5.74) is 4.70. The van der Waals surface area contributed by atoms with Crippen molar-refractivity contribution in [1.82, 2.24) is 0 Å². The molecular weight excluding hydrogens is 370 g/mol. The smallest absolute Gasteiger partial charge is 0.151 e. The lowest BCUT2D eigenvalue weighted by atomic mass is 9.63. The van der Waals surface area contributed by atoms with Crippen LogP contribution in [0.4, 0.5) is 0 Å². The summed E-state index contributed by atoms with van der Waals surface area (Å²) in [6.07, 6.45) is 18.1. The third-order valence-corrected chi connectivity index (χ3v) is 7.13. The van der Waals surface area contributed by atoms with Gasteiger partial charge in [0.25, 0.3) is 0 Å². The van der Waals surface area contributed by atoms with Gasteiger partial charge in [0, 0.05) is 40.2 Å². The molecule has 2 aliphatic carbocycles. The Morgan fingerprint density at radius 3 is 2.71 bits per heavy atom. The fourth-order valence-corrected chi connectivity index (χ4v) is 5.83. The van der Waals surface area contributed by atoms with E-state index in [9.17, 15) is 5.11 Å². The molecule has 0 saturated heterocycles. The van der Waals surface area contributed by atoms with E-state index >= 15 is 0 Å². The van der Waals surface area contributed by atoms with Gasteiger partial charge in [0.15, 0.2) is 5.54 Å². The summed E-state index contributed by atoms with van der Waals surface area (Å²) in [5.74, 6) is 1.33. The number of fused-ring (bicyclic) bond motifs is 5. The van der Waals surface area contributed by atoms with Crippen LogP contribution in [0.15, 0.2) is 71.7 Å². The van der Waals surface area contributed by atoms with Crippen molar-refractivity contribution in [1.29, 1.82) is 0 Å². The Labute approximate surface area is 171 Å². The van der Waals surface area contributed by atoms with Gasteiger partial charge in [-0.2, -0.15) is 0 Å². The summed E-state index contributed by atoms with van der Waals surface area (Å²) in [7, 11) is 4.60. The molecule has 1 unspecified atom stereocenters. The van der Waals surface area contributed by atoms with Crippen LogP contribution in [0.5, 0.6) is 11.5 Å². The molecule has 4 heteroatoms. The van der Waals surface area contributed by atoms with Gasteiger partial charge in [-0.15, -0.1) is 0 Å². The maximum absolute atomic E-state index is 9.97. The van der Waals surface area contributed by atoms with Crippen molar-refractivity contribution in [2.75, 3.05) is 14.1 Å². The second-order valence-corrected chi connectivity index (χ2v) is 9.21. The van der Waals surface area contributed by atoms with Crippen LogP contribution < -0.4 is 4.74 Å². The number of phenols is 1. The highest BCUT2D eigenvalue weighted by Crippen LogP contribution is 2.56. The van der Waals surface area contributed by atoms with Gasteiger partial charge in [-0.05, 0) is 38.0 Å². The SMILES string of the molecule is CC1=C[N+](C)(C)[C@@]2(C3CC=CC3)C=CC3C(=COc4cc(O)c(Cl)cc43)C2=C1. The number of likely N-dealkylation sites (N-methyl/N-ethyl adjacent to an activating group) is 1. The van der Waals surface area contributed by atoms with E-state index in [1.165, 1.54) is 16.7 Å². The van der Waals surface area contributed by atoms with Crippen molar-refractivity contribution in [3.63, 3.8) is 0 Å². The summed E-state index contributed by atoms with van der Waals surface area (Å²) in [6.45, 7) is 2.17. The van der Waals surface area contributed by atoms with Crippen LogP contribution in [0.25, 0.3) is 0 Å². The van der Waals surface area contributed by atoms with Crippen molar-refractivity contribution in [3.8, 4) is 11.5 Å². The van der Waals surface area contributed by atoms with Crippen LogP contribution in [0.1, 0.15) is 31.2 Å². The predicted molar refractivity (Wildman–Crippen MR) is 112 cm³/mol. The number of hydrogen-bond acceptors (Lipinski definition) is 2. The number of quaternary nitrogens is 1. The van der Waals surface area contributed by atoms with Crippen LogP contribution in [-0.2, 0) is 0 Å². The number of allylic oxidation sites excluding steroid dienone is 5. The highest BCUT2D eigenvalue weighted by Gasteiger charge is 2.57. The van der Waals surface area contributed by atoms with Crippen LogP contribution in [0.2, 0.25) is 5.02 Å². The van der Waals surface area contributed by atoms with Crippen LogP contribution in [-0.4, -0.2) is 29.2 Å². The maximum atomic E-state index is 9.97. The molecule has 2 heterocycles. The van der Waals surface area contributed by atoms with Crippen molar-refractivity contribution < 1.29 is 14.3 Å². The van der Waals surface area contributed by atoms with E-state index in [1.54, 1.807) is 6.07 Å². The zero-order chi connectivity index (χ0) is 19.7. The first-order valence-electron chi connectivity index (χ1n) is 9.83.